The Morgan fingerprint density at radius 1 is 1.18 bits per heavy atom. The lowest BCUT2D eigenvalue weighted by atomic mass is 9.96. The number of rotatable bonds is 3. The number of nitrogens with one attached hydrogen (secondary N) is 1. The first-order valence-electron chi connectivity index (χ1n) is 6.63. The van der Waals surface area contributed by atoms with Crippen molar-refractivity contribution in [1.29, 1.82) is 0 Å². The Bertz CT molecular complexity index is 783. The second kappa shape index (κ2) is 5.35. The molecule has 0 unspecified atom stereocenters. The van der Waals surface area contributed by atoms with Gasteiger partial charge in [-0.15, -0.1) is 0 Å². The van der Waals surface area contributed by atoms with Crippen molar-refractivity contribution in [2.75, 3.05) is 0 Å². The molecule has 3 rings (SSSR count). The van der Waals surface area contributed by atoms with E-state index in [0.717, 1.165) is 12.1 Å². The zero-order valence-electron chi connectivity index (χ0n) is 12.3. The molecule has 2 heterocycles. The molecular formula is C14H14F2N4OS. The molecule has 1 aromatic carbocycles. The van der Waals surface area contributed by atoms with E-state index in [9.17, 15) is 8.78 Å². The van der Waals surface area contributed by atoms with Crippen LogP contribution in [0.4, 0.5) is 8.78 Å². The van der Waals surface area contributed by atoms with Crippen molar-refractivity contribution in [3.05, 3.63) is 35.5 Å². The number of aromatic nitrogens is 4. The van der Waals surface area contributed by atoms with E-state index in [1.54, 1.807) is 0 Å². The van der Waals surface area contributed by atoms with Gasteiger partial charge in [-0.1, -0.05) is 37.7 Å². The smallest absolute Gasteiger partial charge is 0.237 e. The van der Waals surface area contributed by atoms with Crippen LogP contribution in [0.15, 0.2) is 21.8 Å². The molecule has 0 atom stereocenters. The molecule has 0 bridgehead atoms. The summed E-state index contributed by atoms with van der Waals surface area (Å²) >= 11 is 1.33. The van der Waals surface area contributed by atoms with Crippen molar-refractivity contribution in [1.82, 2.24) is 20.1 Å². The van der Waals surface area contributed by atoms with Crippen LogP contribution in [0.2, 0.25) is 0 Å². The number of fused-ring (bicyclic) bond motifs is 1. The van der Waals surface area contributed by atoms with Crippen LogP contribution in [0.25, 0.3) is 11.0 Å². The van der Waals surface area contributed by atoms with Gasteiger partial charge in [-0.25, -0.2) is 13.8 Å². The van der Waals surface area contributed by atoms with Crippen molar-refractivity contribution in [2.24, 2.45) is 0 Å². The van der Waals surface area contributed by atoms with Gasteiger partial charge in [0.05, 0.1) is 16.8 Å². The van der Waals surface area contributed by atoms with E-state index in [1.165, 1.54) is 11.8 Å². The summed E-state index contributed by atoms with van der Waals surface area (Å²) in [4.78, 5) is 11.4. The lowest BCUT2D eigenvalue weighted by molar-refractivity contribution is 0.373. The first-order chi connectivity index (χ1) is 10.3. The van der Waals surface area contributed by atoms with E-state index >= 15 is 0 Å². The Labute approximate surface area is 129 Å². The zero-order valence-corrected chi connectivity index (χ0v) is 13.1. The first kappa shape index (κ1) is 15.0. The monoisotopic (exact) mass is 324 g/mol. The fourth-order valence-electron chi connectivity index (χ4n) is 1.80. The molecule has 0 aliphatic carbocycles. The molecule has 0 fully saturated rings. The van der Waals surface area contributed by atoms with Crippen LogP contribution >= 0.6 is 11.8 Å². The van der Waals surface area contributed by atoms with Gasteiger partial charge in [-0.05, 0) is 0 Å². The van der Waals surface area contributed by atoms with Gasteiger partial charge >= 0.3 is 0 Å². The van der Waals surface area contributed by atoms with Gasteiger partial charge in [0, 0.05) is 17.5 Å². The number of hydrogen-bond donors (Lipinski definition) is 1. The Morgan fingerprint density at radius 2 is 1.91 bits per heavy atom. The lowest BCUT2D eigenvalue weighted by Crippen LogP contribution is -2.13. The van der Waals surface area contributed by atoms with E-state index in [4.69, 9.17) is 4.52 Å². The van der Waals surface area contributed by atoms with Crippen LogP contribution in [-0.4, -0.2) is 20.1 Å². The number of hydrogen-bond acceptors (Lipinski definition) is 5. The van der Waals surface area contributed by atoms with Gasteiger partial charge in [-0.3, -0.25) is 0 Å². The molecule has 8 heteroatoms. The summed E-state index contributed by atoms with van der Waals surface area (Å²) in [7, 11) is 0. The third kappa shape index (κ3) is 2.96. The van der Waals surface area contributed by atoms with Gasteiger partial charge < -0.3 is 9.51 Å². The van der Waals surface area contributed by atoms with Crippen molar-refractivity contribution >= 4 is 22.8 Å². The molecule has 3 aromatic rings. The first-order valence-corrected chi connectivity index (χ1v) is 7.62. The van der Waals surface area contributed by atoms with E-state index in [0.29, 0.717) is 33.7 Å². The van der Waals surface area contributed by atoms with Crippen molar-refractivity contribution in [2.45, 2.75) is 37.1 Å². The van der Waals surface area contributed by atoms with Crippen LogP contribution in [0.3, 0.4) is 0 Å². The second-order valence-corrected chi connectivity index (χ2v) is 6.84. The summed E-state index contributed by atoms with van der Waals surface area (Å²) in [6.07, 6.45) is 0. The van der Waals surface area contributed by atoms with Gasteiger partial charge in [-0.2, -0.15) is 4.98 Å². The second-order valence-electron chi connectivity index (χ2n) is 5.88. The van der Waals surface area contributed by atoms with Crippen LogP contribution in [0, 0.1) is 11.6 Å². The zero-order chi connectivity index (χ0) is 15.9. The average molecular weight is 324 g/mol. The average Bonchev–Trinajstić information content (AvgIpc) is 3.03. The topological polar surface area (TPSA) is 67.6 Å². The minimum Gasteiger partial charge on any atom is -0.338 e. The molecule has 0 saturated carbocycles. The normalized spacial score (nSPS) is 12.2. The number of halogens is 2. The van der Waals surface area contributed by atoms with Gasteiger partial charge in [0.25, 0.3) is 0 Å². The van der Waals surface area contributed by atoms with E-state index in [-0.39, 0.29) is 5.41 Å². The molecular weight excluding hydrogens is 310 g/mol. The highest BCUT2D eigenvalue weighted by atomic mass is 32.2. The summed E-state index contributed by atoms with van der Waals surface area (Å²) in [5.41, 5.74) is 0.644. The molecule has 0 aliphatic heterocycles. The molecule has 2 aromatic heterocycles. The summed E-state index contributed by atoms with van der Waals surface area (Å²) in [6.45, 7) is 5.99. The summed E-state index contributed by atoms with van der Waals surface area (Å²) in [6, 6.07) is 2.15. The molecule has 0 saturated heterocycles. The molecule has 5 nitrogen and oxygen atoms in total. The number of nitrogens with zero attached hydrogens (tertiary/aromatic N) is 3. The molecule has 1 N–H and O–H groups in total. The van der Waals surface area contributed by atoms with E-state index in [1.807, 2.05) is 20.8 Å². The maximum atomic E-state index is 13.2. The fraction of sp³-hybridized carbons (Fsp3) is 0.357. The molecule has 0 amide bonds. The van der Waals surface area contributed by atoms with Crippen LogP contribution in [0.1, 0.15) is 32.5 Å². The number of H-pyrrole nitrogens is 1. The molecule has 22 heavy (non-hydrogen) atoms. The van der Waals surface area contributed by atoms with E-state index < -0.39 is 11.6 Å². The third-order valence-electron chi connectivity index (χ3n) is 2.97. The maximum absolute atomic E-state index is 13.2. The number of benzene rings is 1. The fourth-order valence-corrected chi connectivity index (χ4v) is 2.52. The van der Waals surface area contributed by atoms with Gasteiger partial charge in [0.15, 0.2) is 22.6 Å². The van der Waals surface area contributed by atoms with Crippen molar-refractivity contribution in [3.8, 4) is 0 Å². The van der Waals surface area contributed by atoms with Gasteiger partial charge in [0.2, 0.25) is 5.89 Å². The minimum atomic E-state index is -0.915. The van der Waals surface area contributed by atoms with Gasteiger partial charge in [0.1, 0.15) is 0 Å². The highest BCUT2D eigenvalue weighted by molar-refractivity contribution is 7.98. The Balaban J connectivity index is 1.75. The summed E-state index contributed by atoms with van der Waals surface area (Å²) < 4.78 is 31.5. The van der Waals surface area contributed by atoms with Crippen molar-refractivity contribution < 1.29 is 13.3 Å². The Morgan fingerprint density at radius 3 is 2.59 bits per heavy atom. The number of imidazole rings is 1. The van der Waals surface area contributed by atoms with Crippen LogP contribution in [-0.2, 0) is 11.2 Å². The Kier molecular flexibility index (Phi) is 3.64. The quantitative estimate of drug-likeness (QED) is 0.742. The number of thioether (sulfide) groups is 1. The van der Waals surface area contributed by atoms with Crippen LogP contribution in [0.5, 0.6) is 0 Å². The lowest BCUT2D eigenvalue weighted by Gasteiger charge is -2.10. The molecule has 0 radical (unpaired) electrons. The standard InChI is InChI=1S/C14H14F2N4OS/c1-14(2,3)12-19-11(21-20-12)6-22-13-17-9-4-7(15)8(16)5-10(9)18-13/h4-5H,6H2,1-3H3,(H,17,18). The predicted octanol–water partition coefficient (Wildman–Crippen LogP) is 3.81. The molecule has 116 valence electrons. The maximum Gasteiger partial charge on any atom is 0.237 e. The minimum absolute atomic E-state index is 0.180. The third-order valence-corrected chi connectivity index (χ3v) is 3.83. The van der Waals surface area contributed by atoms with E-state index in [2.05, 4.69) is 20.1 Å². The summed E-state index contributed by atoms with van der Waals surface area (Å²) in [5, 5.41) is 4.47. The van der Waals surface area contributed by atoms with Crippen molar-refractivity contribution in [3.63, 3.8) is 0 Å². The summed E-state index contributed by atoms with van der Waals surface area (Å²) in [5.74, 6) is -0.278. The predicted molar refractivity (Wildman–Crippen MR) is 78.6 cm³/mol. The highest BCUT2D eigenvalue weighted by Gasteiger charge is 2.21. The SMILES string of the molecule is CC(C)(C)c1noc(CSc2nc3cc(F)c(F)cc3[nH]2)n1. The molecule has 0 aliphatic rings. The van der Waals surface area contributed by atoms with Crippen LogP contribution < -0.4 is 0 Å². The largest absolute Gasteiger partial charge is 0.338 e. The highest BCUT2D eigenvalue weighted by Crippen LogP contribution is 2.25. The molecule has 0 spiro atoms. The Hall–Kier alpha value is -1.96. The number of aromatic amines is 1.